The first-order valence-electron chi connectivity index (χ1n) is 4.63. The quantitative estimate of drug-likeness (QED) is 0.630. The molecule has 1 aromatic rings. The molecule has 0 aliphatic carbocycles. The molecule has 18 heavy (non-hydrogen) atoms. The predicted octanol–water partition coefficient (Wildman–Crippen LogP) is 3.01. The second kappa shape index (κ2) is 5.27. The highest BCUT2D eigenvalue weighted by molar-refractivity contribution is 6.30. The number of hydrogen-bond donors (Lipinski definition) is 0. The summed E-state index contributed by atoms with van der Waals surface area (Å²) in [7, 11) is 1.05. The minimum atomic E-state index is -4.67. The smallest absolute Gasteiger partial charge is 0.420 e. The van der Waals surface area contributed by atoms with Crippen molar-refractivity contribution < 1.29 is 22.7 Å². The third-order valence-electron chi connectivity index (χ3n) is 2.19. The van der Waals surface area contributed by atoms with Crippen molar-refractivity contribution >= 4 is 17.4 Å². The van der Waals surface area contributed by atoms with Crippen LogP contribution in [0.3, 0.4) is 0 Å². The Bertz CT molecular complexity index is 520. The number of nitrogens with zero attached hydrogens (tertiary/aromatic N) is 1. The topological polar surface area (TPSA) is 50.1 Å². The van der Waals surface area contributed by atoms with Gasteiger partial charge >= 0.3 is 6.18 Å². The molecule has 0 unspecified atom stereocenters. The van der Waals surface area contributed by atoms with E-state index in [9.17, 15) is 18.0 Å². The van der Waals surface area contributed by atoms with Gasteiger partial charge in [-0.3, -0.25) is 4.79 Å². The molecule has 0 N–H and O–H groups in total. The fraction of sp³-hybridized carbons (Fsp3) is 0.273. The van der Waals surface area contributed by atoms with Crippen LogP contribution in [0, 0.1) is 11.3 Å². The summed E-state index contributed by atoms with van der Waals surface area (Å²) < 4.78 is 42.6. The maximum Gasteiger partial charge on any atom is 0.420 e. The molecule has 0 radical (unpaired) electrons. The summed E-state index contributed by atoms with van der Waals surface area (Å²) in [6.45, 7) is 0. The van der Waals surface area contributed by atoms with Crippen LogP contribution in [0.25, 0.3) is 0 Å². The molecule has 7 heteroatoms. The Morgan fingerprint density at radius 3 is 2.50 bits per heavy atom. The lowest BCUT2D eigenvalue weighted by Crippen LogP contribution is -2.11. The van der Waals surface area contributed by atoms with E-state index in [1.807, 2.05) is 0 Å². The average molecular weight is 278 g/mol. The molecule has 96 valence electrons. The van der Waals surface area contributed by atoms with Crippen LogP contribution in [0.4, 0.5) is 13.2 Å². The summed E-state index contributed by atoms with van der Waals surface area (Å²) in [5.41, 5.74) is -1.67. The van der Waals surface area contributed by atoms with Gasteiger partial charge in [0, 0.05) is 5.56 Å². The fourth-order valence-corrected chi connectivity index (χ4v) is 1.51. The number of hydrogen-bond acceptors (Lipinski definition) is 3. The van der Waals surface area contributed by atoms with Crippen molar-refractivity contribution in [3.8, 4) is 11.8 Å². The van der Waals surface area contributed by atoms with E-state index in [2.05, 4.69) is 4.74 Å². The molecular formula is C11H7ClF3NO2. The van der Waals surface area contributed by atoms with Crippen molar-refractivity contribution in [2.75, 3.05) is 13.0 Å². The monoisotopic (exact) mass is 277 g/mol. The van der Waals surface area contributed by atoms with Gasteiger partial charge < -0.3 is 4.74 Å². The van der Waals surface area contributed by atoms with Crippen LogP contribution in [-0.2, 0) is 6.18 Å². The Balaban J connectivity index is 3.53. The van der Waals surface area contributed by atoms with Crippen LogP contribution < -0.4 is 4.74 Å². The van der Waals surface area contributed by atoms with E-state index in [0.29, 0.717) is 6.07 Å². The number of carbonyl (C=O) groups is 1. The first kappa shape index (κ1) is 14.3. The van der Waals surface area contributed by atoms with Gasteiger partial charge in [0.15, 0.2) is 5.78 Å². The van der Waals surface area contributed by atoms with Gasteiger partial charge in [0.05, 0.1) is 30.2 Å². The Morgan fingerprint density at radius 1 is 1.50 bits per heavy atom. The zero-order valence-corrected chi connectivity index (χ0v) is 9.89. The molecule has 0 bridgehead atoms. The molecule has 0 spiro atoms. The van der Waals surface area contributed by atoms with Gasteiger partial charge in [-0.05, 0) is 12.1 Å². The molecule has 0 atom stereocenters. The largest absolute Gasteiger partial charge is 0.496 e. The molecular weight excluding hydrogens is 271 g/mol. The molecule has 0 amide bonds. The van der Waals surface area contributed by atoms with Crippen molar-refractivity contribution in [2.45, 2.75) is 6.18 Å². The van der Waals surface area contributed by atoms with Gasteiger partial charge in [0.25, 0.3) is 0 Å². The number of ether oxygens (including phenoxy) is 1. The van der Waals surface area contributed by atoms with E-state index in [-0.39, 0.29) is 11.1 Å². The summed E-state index contributed by atoms with van der Waals surface area (Å²) in [5.74, 6) is -1.58. The van der Waals surface area contributed by atoms with Gasteiger partial charge in [0.2, 0.25) is 0 Å². The lowest BCUT2D eigenvalue weighted by Gasteiger charge is -2.13. The third-order valence-corrected chi connectivity index (χ3v) is 2.43. The number of Topliss-reactive ketones (excluding diaryl/α,β-unsaturated/α-hetero) is 1. The molecule has 0 saturated heterocycles. The maximum absolute atomic E-state index is 12.7. The van der Waals surface area contributed by atoms with Gasteiger partial charge in [-0.25, -0.2) is 0 Å². The number of ketones is 1. The van der Waals surface area contributed by atoms with E-state index in [0.717, 1.165) is 13.2 Å². The lowest BCUT2D eigenvalue weighted by molar-refractivity contribution is -0.138. The molecule has 0 aromatic heterocycles. The van der Waals surface area contributed by atoms with Crippen LogP contribution in [0.15, 0.2) is 12.1 Å². The number of nitriles is 1. The number of methoxy groups -OCH3 is 1. The second-order valence-electron chi connectivity index (χ2n) is 3.26. The van der Waals surface area contributed by atoms with Crippen molar-refractivity contribution in [3.63, 3.8) is 0 Å². The van der Waals surface area contributed by atoms with Crippen LogP contribution in [0.2, 0.25) is 0 Å². The molecule has 0 fully saturated rings. The number of alkyl halides is 4. The third kappa shape index (κ3) is 2.74. The summed E-state index contributed by atoms with van der Waals surface area (Å²) in [6.07, 6.45) is -4.67. The van der Waals surface area contributed by atoms with E-state index < -0.39 is 29.2 Å². The van der Waals surface area contributed by atoms with E-state index in [1.165, 1.54) is 6.07 Å². The summed E-state index contributed by atoms with van der Waals surface area (Å²) >= 11 is 5.32. The first-order chi connectivity index (χ1) is 8.35. The molecule has 1 aromatic carbocycles. The van der Waals surface area contributed by atoms with Gasteiger partial charge in [-0.15, -0.1) is 11.6 Å². The van der Waals surface area contributed by atoms with Gasteiger partial charge in [0.1, 0.15) is 5.75 Å². The normalized spacial score (nSPS) is 10.9. The molecule has 0 saturated carbocycles. The molecule has 0 aliphatic rings. The highest BCUT2D eigenvalue weighted by Crippen LogP contribution is 2.37. The second-order valence-corrected chi connectivity index (χ2v) is 3.53. The highest BCUT2D eigenvalue weighted by Gasteiger charge is 2.35. The molecule has 0 heterocycles. The number of halogens is 4. The van der Waals surface area contributed by atoms with E-state index >= 15 is 0 Å². The van der Waals surface area contributed by atoms with Crippen LogP contribution in [0.5, 0.6) is 5.75 Å². The van der Waals surface area contributed by atoms with Gasteiger partial charge in [-0.2, -0.15) is 18.4 Å². The summed E-state index contributed by atoms with van der Waals surface area (Å²) in [5, 5.41) is 8.76. The minimum absolute atomic E-state index is 0.183. The number of benzene rings is 1. The van der Waals surface area contributed by atoms with Gasteiger partial charge in [-0.1, -0.05) is 0 Å². The number of carbonyl (C=O) groups excluding carboxylic acids is 1. The summed E-state index contributed by atoms with van der Waals surface area (Å²) in [6, 6.07) is 3.00. The first-order valence-corrected chi connectivity index (χ1v) is 5.17. The molecule has 3 nitrogen and oxygen atoms in total. The lowest BCUT2D eigenvalue weighted by atomic mass is 10.0. The predicted molar refractivity (Wildman–Crippen MR) is 57.8 cm³/mol. The highest BCUT2D eigenvalue weighted by atomic mass is 35.5. The minimum Gasteiger partial charge on any atom is -0.496 e. The van der Waals surface area contributed by atoms with Crippen LogP contribution in [-0.4, -0.2) is 18.8 Å². The Kier molecular flexibility index (Phi) is 4.19. The van der Waals surface area contributed by atoms with Crippen LogP contribution in [0.1, 0.15) is 21.5 Å². The zero-order valence-electron chi connectivity index (χ0n) is 9.14. The van der Waals surface area contributed by atoms with Crippen molar-refractivity contribution in [1.82, 2.24) is 0 Å². The Hall–Kier alpha value is -1.74. The molecule has 0 aliphatic heterocycles. The maximum atomic E-state index is 12.7. The SMILES string of the molecule is COc1cc(C(=O)CCl)c(C#N)cc1C(F)(F)F. The van der Waals surface area contributed by atoms with Crippen LogP contribution >= 0.6 is 11.6 Å². The van der Waals surface area contributed by atoms with E-state index in [1.54, 1.807) is 0 Å². The average Bonchev–Trinajstić information content (AvgIpc) is 2.34. The van der Waals surface area contributed by atoms with E-state index in [4.69, 9.17) is 16.9 Å². The zero-order chi connectivity index (χ0) is 13.9. The Morgan fingerprint density at radius 2 is 2.11 bits per heavy atom. The van der Waals surface area contributed by atoms with Crippen molar-refractivity contribution in [1.29, 1.82) is 5.26 Å². The number of rotatable bonds is 3. The molecule has 1 rings (SSSR count). The standard InChI is InChI=1S/C11H7ClF3NO2/c1-18-10-3-7(9(17)4-12)6(5-16)2-8(10)11(13,14)15/h2-3H,4H2,1H3. The Labute approximate surface area is 106 Å². The van der Waals surface area contributed by atoms with Crippen molar-refractivity contribution in [3.05, 3.63) is 28.8 Å². The van der Waals surface area contributed by atoms with Crippen molar-refractivity contribution in [2.24, 2.45) is 0 Å². The summed E-state index contributed by atoms with van der Waals surface area (Å²) in [4.78, 5) is 11.4. The fourth-order valence-electron chi connectivity index (χ4n) is 1.37.